The zero-order valence-electron chi connectivity index (χ0n) is 7.31. The van der Waals surface area contributed by atoms with Crippen molar-refractivity contribution in [3.63, 3.8) is 0 Å². The zero-order chi connectivity index (χ0) is 10.3. The van der Waals surface area contributed by atoms with E-state index in [0.29, 0.717) is 10.0 Å². The Morgan fingerprint density at radius 3 is 2.50 bits per heavy atom. The normalized spacial score (nSPS) is 10.9. The molecule has 0 radical (unpaired) electrons. The van der Waals surface area contributed by atoms with Gasteiger partial charge in [-0.05, 0) is 12.5 Å². The highest BCUT2D eigenvalue weighted by atomic mass is 35.5. The summed E-state index contributed by atoms with van der Waals surface area (Å²) in [5.41, 5.74) is 1.83. The number of benzene rings is 1. The van der Waals surface area contributed by atoms with Crippen molar-refractivity contribution in [2.45, 2.75) is 6.92 Å². The monoisotopic (exact) mass is 245 g/mol. The highest BCUT2D eigenvalue weighted by Gasteiger charge is 2.10. The second-order valence-electron chi connectivity index (χ2n) is 3.00. The summed E-state index contributed by atoms with van der Waals surface area (Å²) in [6.07, 6.45) is 0. The molecule has 0 unspecified atom stereocenters. The van der Waals surface area contributed by atoms with Crippen molar-refractivity contribution in [2.75, 3.05) is 0 Å². The lowest BCUT2D eigenvalue weighted by atomic mass is 10.1. The van der Waals surface area contributed by atoms with Crippen LogP contribution in [0.25, 0.3) is 10.9 Å². The van der Waals surface area contributed by atoms with Gasteiger partial charge in [0, 0.05) is 5.39 Å². The van der Waals surface area contributed by atoms with Crippen molar-refractivity contribution in [3.8, 4) is 0 Å². The van der Waals surface area contributed by atoms with Crippen LogP contribution in [0.1, 0.15) is 5.56 Å². The van der Waals surface area contributed by atoms with Crippen LogP contribution >= 0.6 is 34.8 Å². The summed E-state index contributed by atoms with van der Waals surface area (Å²) in [5, 5.41) is 1.86. The lowest BCUT2D eigenvalue weighted by Crippen LogP contribution is -1.86. The number of hydrogen-bond donors (Lipinski definition) is 0. The molecule has 0 amide bonds. The molecule has 0 saturated heterocycles. The van der Waals surface area contributed by atoms with E-state index in [1.807, 2.05) is 25.1 Å². The SMILES string of the molecule is Cc1cccc2c(Cl)c(Cl)c(Cl)nc12. The molecule has 1 nitrogen and oxygen atoms in total. The molecule has 0 fully saturated rings. The fraction of sp³-hybridized carbons (Fsp3) is 0.100. The number of aromatic nitrogens is 1. The van der Waals surface area contributed by atoms with Crippen LogP contribution in [-0.4, -0.2) is 4.98 Å². The highest BCUT2D eigenvalue weighted by Crippen LogP contribution is 2.35. The molecule has 0 aliphatic heterocycles. The third-order valence-corrected chi connectivity index (χ3v) is 3.29. The van der Waals surface area contributed by atoms with E-state index >= 15 is 0 Å². The first-order valence-electron chi connectivity index (χ1n) is 4.01. The van der Waals surface area contributed by atoms with E-state index in [9.17, 15) is 0 Å². The van der Waals surface area contributed by atoms with E-state index in [2.05, 4.69) is 4.98 Å². The van der Waals surface area contributed by atoms with Gasteiger partial charge in [0.2, 0.25) is 0 Å². The molecule has 14 heavy (non-hydrogen) atoms. The maximum Gasteiger partial charge on any atom is 0.149 e. The third kappa shape index (κ3) is 1.46. The van der Waals surface area contributed by atoms with E-state index in [0.717, 1.165) is 16.5 Å². The summed E-state index contributed by atoms with van der Waals surface area (Å²) >= 11 is 17.8. The fourth-order valence-electron chi connectivity index (χ4n) is 1.34. The van der Waals surface area contributed by atoms with Gasteiger partial charge >= 0.3 is 0 Å². The molecule has 1 aromatic carbocycles. The van der Waals surface area contributed by atoms with Crippen molar-refractivity contribution in [1.29, 1.82) is 0 Å². The highest BCUT2D eigenvalue weighted by molar-refractivity contribution is 6.49. The van der Waals surface area contributed by atoms with Crippen LogP contribution in [-0.2, 0) is 0 Å². The second-order valence-corrected chi connectivity index (χ2v) is 4.12. The minimum absolute atomic E-state index is 0.249. The van der Waals surface area contributed by atoms with Crippen LogP contribution in [0.4, 0.5) is 0 Å². The van der Waals surface area contributed by atoms with Gasteiger partial charge in [0.05, 0.1) is 15.6 Å². The first-order chi connectivity index (χ1) is 6.61. The molecule has 0 bridgehead atoms. The number of fused-ring (bicyclic) bond motifs is 1. The summed E-state index contributed by atoms with van der Waals surface area (Å²) in [5.74, 6) is 0. The number of pyridine rings is 1. The molecule has 0 aliphatic rings. The number of nitrogens with zero attached hydrogens (tertiary/aromatic N) is 1. The Bertz CT molecular complexity index is 508. The molecular weight excluding hydrogens is 240 g/mol. The van der Waals surface area contributed by atoms with Gasteiger partial charge in [-0.1, -0.05) is 53.0 Å². The maximum atomic E-state index is 6.05. The van der Waals surface area contributed by atoms with Crippen LogP contribution < -0.4 is 0 Å². The van der Waals surface area contributed by atoms with Crippen molar-refractivity contribution in [1.82, 2.24) is 4.98 Å². The van der Waals surface area contributed by atoms with Gasteiger partial charge in [-0.2, -0.15) is 0 Å². The van der Waals surface area contributed by atoms with Gasteiger partial charge < -0.3 is 0 Å². The smallest absolute Gasteiger partial charge is 0.149 e. The average molecular weight is 247 g/mol. The van der Waals surface area contributed by atoms with E-state index < -0.39 is 0 Å². The lowest BCUT2D eigenvalue weighted by molar-refractivity contribution is 1.37. The fourth-order valence-corrected chi connectivity index (χ4v) is 1.95. The van der Waals surface area contributed by atoms with E-state index in [1.165, 1.54) is 0 Å². The summed E-state index contributed by atoms with van der Waals surface area (Å²) in [6.45, 7) is 1.95. The number of hydrogen-bond acceptors (Lipinski definition) is 1. The van der Waals surface area contributed by atoms with Crippen LogP contribution in [0.15, 0.2) is 18.2 Å². The number of halogens is 3. The molecule has 0 saturated carbocycles. The molecule has 4 heteroatoms. The van der Waals surface area contributed by atoms with Gasteiger partial charge in [-0.15, -0.1) is 0 Å². The summed E-state index contributed by atoms with van der Waals surface area (Å²) < 4.78 is 0. The van der Waals surface area contributed by atoms with Crippen molar-refractivity contribution >= 4 is 45.7 Å². The minimum Gasteiger partial charge on any atom is -0.234 e. The lowest BCUT2D eigenvalue weighted by Gasteiger charge is -2.05. The average Bonchev–Trinajstić information content (AvgIpc) is 2.17. The molecule has 0 atom stereocenters. The van der Waals surface area contributed by atoms with Crippen LogP contribution in [0.2, 0.25) is 15.2 Å². The summed E-state index contributed by atoms with van der Waals surface area (Å²) in [6, 6.07) is 5.74. The molecular formula is C10H6Cl3N. The predicted octanol–water partition coefficient (Wildman–Crippen LogP) is 4.50. The molecule has 2 aromatic rings. The molecule has 2 rings (SSSR count). The molecule has 1 aromatic heterocycles. The topological polar surface area (TPSA) is 12.9 Å². The third-order valence-electron chi connectivity index (χ3n) is 2.06. The summed E-state index contributed by atoms with van der Waals surface area (Å²) in [7, 11) is 0. The van der Waals surface area contributed by atoms with Gasteiger partial charge in [0.25, 0.3) is 0 Å². The Morgan fingerprint density at radius 1 is 1.07 bits per heavy atom. The Balaban J connectivity index is 2.98. The maximum absolute atomic E-state index is 6.05. The summed E-state index contributed by atoms with van der Waals surface area (Å²) in [4.78, 5) is 4.18. The van der Waals surface area contributed by atoms with Crippen LogP contribution in [0.5, 0.6) is 0 Å². The number of aryl methyl sites for hydroxylation is 1. The van der Waals surface area contributed by atoms with Gasteiger partial charge in [0.15, 0.2) is 0 Å². The van der Waals surface area contributed by atoms with Crippen molar-refractivity contribution < 1.29 is 0 Å². The van der Waals surface area contributed by atoms with Crippen LogP contribution in [0, 0.1) is 6.92 Å². The Morgan fingerprint density at radius 2 is 1.79 bits per heavy atom. The molecule has 72 valence electrons. The van der Waals surface area contributed by atoms with E-state index in [1.54, 1.807) is 0 Å². The second kappa shape index (κ2) is 3.58. The van der Waals surface area contributed by atoms with Crippen molar-refractivity contribution in [3.05, 3.63) is 39.0 Å². The van der Waals surface area contributed by atoms with Crippen molar-refractivity contribution in [2.24, 2.45) is 0 Å². The van der Waals surface area contributed by atoms with E-state index in [-0.39, 0.29) is 5.15 Å². The Kier molecular flexibility index (Phi) is 2.56. The Hall–Kier alpha value is -0.500. The van der Waals surface area contributed by atoms with Gasteiger partial charge in [-0.3, -0.25) is 0 Å². The minimum atomic E-state index is 0.249. The first-order valence-corrected chi connectivity index (χ1v) is 5.14. The number of rotatable bonds is 0. The Labute approximate surface area is 96.6 Å². The quantitative estimate of drug-likeness (QED) is 0.624. The first kappa shape index (κ1) is 10.0. The molecule has 0 spiro atoms. The van der Waals surface area contributed by atoms with Crippen LogP contribution in [0.3, 0.4) is 0 Å². The molecule has 0 N–H and O–H groups in total. The number of para-hydroxylation sites is 1. The zero-order valence-corrected chi connectivity index (χ0v) is 9.58. The van der Waals surface area contributed by atoms with E-state index in [4.69, 9.17) is 34.8 Å². The van der Waals surface area contributed by atoms with Gasteiger partial charge in [0.1, 0.15) is 5.15 Å². The molecule has 1 heterocycles. The predicted molar refractivity (Wildman–Crippen MR) is 61.5 cm³/mol. The largest absolute Gasteiger partial charge is 0.234 e. The van der Waals surface area contributed by atoms with Gasteiger partial charge in [-0.25, -0.2) is 4.98 Å². The standard InChI is InChI=1S/C10H6Cl3N/c1-5-3-2-4-6-7(11)8(12)10(13)14-9(5)6/h2-4H,1H3. The molecule has 0 aliphatic carbocycles.